The van der Waals surface area contributed by atoms with Crippen LogP contribution < -0.4 is 0 Å². The van der Waals surface area contributed by atoms with Gasteiger partial charge in [-0.3, -0.25) is 4.90 Å². The van der Waals surface area contributed by atoms with Crippen molar-refractivity contribution < 1.29 is 0 Å². The van der Waals surface area contributed by atoms with E-state index < -0.39 is 0 Å². The van der Waals surface area contributed by atoms with Gasteiger partial charge in [-0.05, 0) is 128 Å². The molecule has 5 aliphatic carbocycles. The molecule has 3 heterocycles. The number of fused-ring (bicyclic) bond motifs is 5. The normalized spacial score (nSPS) is 36.1. The SMILES string of the molecule is CC(C)(C)C1=CCC2B3C4=C(C=C(C(C)(C)C)CC4N4C5C3C=C(C(C)(C)C)CC5C3(CCCCC3)C4(C)C)N(C3=CCCC(C(C)(C)C)C3)C2C1. The summed E-state index contributed by atoms with van der Waals surface area (Å²) in [6, 6.07) is 1.72. The van der Waals surface area contributed by atoms with Crippen LogP contribution in [0.3, 0.4) is 0 Å². The van der Waals surface area contributed by atoms with Crippen LogP contribution in [-0.4, -0.2) is 40.2 Å². The minimum absolute atomic E-state index is 0.156. The van der Waals surface area contributed by atoms with E-state index in [2.05, 4.69) is 131 Å². The predicted molar refractivity (Wildman–Crippen MR) is 224 cm³/mol. The highest BCUT2D eigenvalue weighted by Gasteiger charge is 2.71. The lowest BCUT2D eigenvalue weighted by Crippen LogP contribution is -2.67. The standard InChI is InChI=1S/C49H77BN2/c1-44(2,3)31-19-18-20-35(25-31)51-39-28-32(45(4,5)6)21-22-37(39)50-38-27-33(46(7,8)9)26-36-43(38)52(48(13,14)49(36)23-16-15-17-24-49)41-30-34(47(10,11)12)29-40(51)42(41)50/h20-21,27,29,31,36-39,41,43H,15-19,22-26,28,30H2,1-14H3. The molecular formula is C49H77BN2. The summed E-state index contributed by atoms with van der Waals surface area (Å²) >= 11 is 0. The maximum atomic E-state index is 3.28. The Morgan fingerprint density at radius 3 is 2.00 bits per heavy atom. The summed E-state index contributed by atoms with van der Waals surface area (Å²) in [5, 5.41) is 0. The van der Waals surface area contributed by atoms with Crippen LogP contribution in [0, 0.1) is 38.9 Å². The second-order valence-electron chi connectivity index (χ2n) is 24.1. The summed E-state index contributed by atoms with van der Waals surface area (Å²) in [6.07, 6.45) is 27.2. The number of hydrogen-bond donors (Lipinski definition) is 0. The van der Waals surface area contributed by atoms with Gasteiger partial charge < -0.3 is 4.90 Å². The van der Waals surface area contributed by atoms with E-state index in [1.165, 1.54) is 77.0 Å². The summed E-state index contributed by atoms with van der Waals surface area (Å²) in [5.74, 6) is 2.79. The van der Waals surface area contributed by atoms with Gasteiger partial charge in [-0.2, -0.15) is 0 Å². The molecule has 0 aromatic heterocycles. The van der Waals surface area contributed by atoms with E-state index in [9.17, 15) is 0 Å². The zero-order valence-corrected chi connectivity index (χ0v) is 36.3. The van der Waals surface area contributed by atoms with Crippen molar-refractivity contribution in [3.05, 3.63) is 57.9 Å². The molecule has 0 radical (unpaired) electrons. The molecule has 0 amide bonds. The molecule has 0 aromatic carbocycles. The molecule has 8 rings (SSSR count). The van der Waals surface area contributed by atoms with Crippen LogP contribution in [0.25, 0.3) is 0 Å². The van der Waals surface area contributed by atoms with E-state index in [1.807, 2.05) is 5.47 Å². The molecule has 8 aliphatic rings. The first-order valence-corrected chi connectivity index (χ1v) is 22.2. The summed E-state index contributed by atoms with van der Waals surface area (Å²) < 4.78 is 0. The summed E-state index contributed by atoms with van der Waals surface area (Å²) in [7, 11) is 0. The van der Waals surface area contributed by atoms with Gasteiger partial charge in [-0.25, -0.2) is 0 Å². The molecular weight excluding hydrogens is 627 g/mol. The Hall–Kier alpha value is -1.48. The van der Waals surface area contributed by atoms with Crippen LogP contribution in [0.15, 0.2) is 57.9 Å². The smallest absolute Gasteiger partial charge is 0.189 e. The second-order valence-corrected chi connectivity index (χ2v) is 24.1. The zero-order chi connectivity index (χ0) is 37.6. The van der Waals surface area contributed by atoms with Crippen LogP contribution in [0.4, 0.5) is 0 Å². The maximum Gasteiger partial charge on any atom is 0.189 e. The van der Waals surface area contributed by atoms with Crippen molar-refractivity contribution in [2.75, 3.05) is 0 Å². The topological polar surface area (TPSA) is 6.48 Å². The first-order valence-electron chi connectivity index (χ1n) is 22.2. The summed E-state index contributed by atoms with van der Waals surface area (Å²) in [6.45, 7) is 36.2. The van der Waals surface area contributed by atoms with E-state index >= 15 is 0 Å². The lowest BCUT2D eigenvalue weighted by Gasteiger charge is -2.62. The number of hydrogen-bond acceptors (Lipinski definition) is 2. The Kier molecular flexibility index (Phi) is 8.65. The average molecular weight is 705 g/mol. The lowest BCUT2D eigenvalue weighted by molar-refractivity contribution is -0.00185. The van der Waals surface area contributed by atoms with Gasteiger partial charge in [0.1, 0.15) is 0 Å². The molecule has 0 bridgehead atoms. The largest absolute Gasteiger partial charge is 0.343 e. The highest BCUT2D eigenvalue weighted by atomic mass is 15.3. The van der Waals surface area contributed by atoms with Gasteiger partial charge in [-0.15, -0.1) is 0 Å². The Morgan fingerprint density at radius 1 is 0.731 bits per heavy atom. The molecule has 2 nitrogen and oxygen atoms in total. The van der Waals surface area contributed by atoms with Crippen molar-refractivity contribution in [1.82, 2.24) is 9.80 Å². The quantitative estimate of drug-likeness (QED) is 0.198. The van der Waals surface area contributed by atoms with E-state index in [-0.39, 0.29) is 21.8 Å². The molecule has 0 aromatic rings. The van der Waals surface area contributed by atoms with Gasteiger partial charge in [0.25, 0.3) is 0 Å². The van der Waals surface area contributed by atoms with Gasteiger partial charge >= 0.3 is 0 Å². The fourth-order valence-electron chi connectivity index (χ4n) is 14.1. The molecule has 7 unspecified atom stereocenters. The highest BCUT2D eigenvalue weighted by Crippen LogP contribution is 2.71. The molecule has 2 saturated heterocycles. The van der Waals surface area contributed by atoms with Crippen molar-refractivity contribution in [1.29, 1.82) is 0 Å². The predicted octanol–water partition coefficient (Wildman–Crippen LogP) is 13.4. The zero-order valence-electron chi connectivity index (χ0n) is 36.3. The minimum Gasteiger partial charge on any atom is -0.343 e. The van der Waals surface area contributed by atoms with E-state index in [0.29, 0.717) is 47.3 Å². The number of allylic oxidation sites excluding steroid dienone is 5. The molecule has 7 atom stereocenters. The van der Waals surface area contributed by atoms with Crippen molar-refractivity contribution in [2.45, 2.75) is 209 Å². The van der Waals surface area contributed by atoms with Gasteiger partial charge in [0.15, 0.2) is 6.71 Å². The molecule has 0 N–H and O–H groups in total. The third-order valence-corrected chi connectivity index (χ3v) is 17.2. The summed E-state index contributed by atoms with van der Waals surface area (Å²) in [5.41, 5.74) is 11.9. The molecule has 3 fully saturated rings. The molecule has 286 valence electrons. The third kappa shape index (κ3) is 5.55. The Morgan fingerprint density at radius 2 is 1.38 bits per heavy atom. The van der Waals surface area contributed by atoms with E-state index in [4.69, 9.17) is 0 Å². The van der Waals surface area contributed by atoms with Crippen molar-refractivity contribution >= 4 is 6.71 Å². The van der Waals surface area contributed by atoms with Crippen molar-refractivity contribution in [2.24, 2.45) is 38.9 Å². The molecule has 1 saturated carbocycles. The minimum atomic E-state index is 0.156. The van der Waals surface area contributed by atoms with E-state index in [0.717, 1.165) is 11.8 Å². The average Bonchev–Trinajstić information content (AvgIpc) is 3.23. The van der Waals surface area contributed by atoms with Gasteiger partial charge in [0.2, 0.25) is 0 Å². The summed E-state index contributed by atoms with van der Waals surface area (Å²) in [4.78, 5) is 6.35. The van der Waals surface area contributed by atoms with Crippen LogP contribution in [0.1, 0.15) is 174 Å². The Bertz CT molecular complexity index is 1610. The monoisotopic (exact) mass is 705 g/mol. The van der Waals surface area contributed by atoms with Crippen LogP contribution in [0.5, 0.6) is 0 Å². The maximum absolute atomic E-state index is 3.28. The van der Waals surface area contributed by atoms with Crippen LogP contribution in [0.2, 0.25) is 11.6 Å². The van der Waals surface area contributed by atoms with Crippen LogP contribution in [-0.2, 0) is 0 Å². The van der Waals surface area contributed by atoms with Gasteiger partial charge in [-0.1, -0.05) is 143 Å². The van der Waals surface area contributed by atoms with Crippen molar-refractivity contribution in [3.63, 3.8) is 0 Å². The fraction of sp³-hybridized carbons (Fsp3) is 0.796. The molecule has 52 heavy (non-hydrogen) atoms. The number of rotatable bonds is 1. The van der Waals surface area contributed by atoms with Crippen LogP contribution >= 0.6 is 0 Å². The first kappa shape index (κ1) is 37.4. The third-order valence-electron chi connectivity index (χ3n) is 17.2. The molecule has 3 heteroatoms. The van der Waals surface area contributed by atoms with Crippen molar-refractivity contribution in [3.8, 4) is 0 Å². The Labute approximate surface area is 321 Å². The Balaban J connectivity index is 1.40. The van der Waals surface area contributed by atoms with E-state index in [1.54, 1.807) is 28.1 Å². The number of nitrogens with zero attached hydrogens (tertiary/aromatic N) is 2. The van der Waals surface area contributed by atoms with Gasteiger partial charge in [0, 0.05) is 35.1 Å². The lowest BCUT2D eigenvalue weighted by atomic mass is 9.22. The first-order chi connectivity index (χ1) is 24.1. The fourth-order valence-corrected chi connectivity index (χ4v) is 14.1. The van der Waals surface area contributed by atoms with Gasteiger partial charge in [0.05, 0.1) is 0 Å². The second kappa shape index (κ2) is 12.0. The molecule has 3 aliphatic heterocycles. The highest BCUT2D eigenvalue weighted by molar-refractivity contribution is 6.72. The molecule has 1 spiro atoms.